The molecule has 3 rings (SSSR count). The van der Waals surface area contributed by atoms with Gasteiger partial charge in [0.1, 0.15) is 11.4 Å². The monoisotopic (exact) mass is 410 g/mol. The number of ether oxygens (including phenoxy) is 1. The highest BCUT2D eigenvalue weighted by Gasteiger charge is 2.31. The van der Waals surface area contributed by atoms with Gasteiger partial charge in [0, 0.05) is 44.0 Å². The molecule has 0 bridgehead atoms. The first-order valence-electron chi connectivity index (χ1n) is 8.63. The minimum absolute atomic E-state index is 0.00752. The van der Waals surface area contributed by atoms with Crippen molar-refractivity contribution in [3.8, 4) is 5.75 Å². The van der Waals surface area contributed by atoms with Crippen LogP contribution in [0.5, 0.6) is 5.75 Å². The van der Waals surface area contributed by atoms with Crippen molar-refractivity contribution < 1.29 is 27.6 Å². The topological polar surface area (TPSA) is 88.0 Å². The number of nitro benzene ring substituents is 1. The Morgan fingerprint density at radius 3 is 2.41 bits per heavy atom. The molecule has 154 valence electrons. The fourth-order valence-corrected chi connectivity index (χ4v) is 3.01. The second-order valence-corrected chi connectivity index (χ2v) is 6.23. The quantitative estimate of drug-likeness (QED) is 0.611. The lowest BCUT2D eigenvalue weighted by Crippen LogP contribution is -2.50. The lowest BCUT2D eigenvalue weighted by molar-refractivity contribution is -0.384. The summed E-state index contributed by atoms with van der Waals surface area (Å²) in [5.41, 5.74) is 0.638. The van der Waals surface area contributed by atoms with Crippen molar-refractivity contribution in [1.82, 2.24) is 4.90 Å². The number of alkyl halides is 3. The number of benzene rings is 2. The van der Waals surface area contributed by atoms with Crippen LogP contribution in [0.3, 0.4) is 0 Å². The first kappa shape index (κ1) is 20.2. The highest BCUT2D eigenvalue weighted by molar-refractivity contribution is 5.89. The molecule has 0 radical (unpaired) electrons. The molecule has 1 fully saturated rings. The van der Waals surface area contributed by atoms with E-state index in [0.29, 0.717) is 31.9 Å². The second-order valence-electron chi connectivity index (χ2n) is 6.23. The number of para-hydroxylation sites is 2. The van der Waals surface area contributed by atoms with Gasteiger partial charge in [0.15, 0.2) is 0 Å². The zero-order valence-corrected chi connectivity index (χ0v) is 15.1. The van der Waals surface area contributed by atoms with Crippen molar-refractivity contribution in [2.75, 3.05) is 36.4 Å². The van der Waals surface area contributed by atoms with Gasteiger partial charge in [-0.25, -0.2) is 4.79 Å². The van der Waals surface area contributed by atoms with E-state index >= 15 is 0 Å². The van der Waals surface area contributed by atoms with Crippen LogP contribution in [0.2, 0.25) is 0 Å². The van der Waals surface area contributed by atoms with Gasteiger partial charge in [0.05, 0.1) is 4.92 Å². The lowest BCUT2D eigenvalue weighted by Gasteiger charge is -2.35. The normalized spacial score (nSPS) is 14.4. The van der Waals surface area contributed by atoms with Crippen LogP contribution in [0.4, 0.5) is 35.0 Å². The Kier molecular flexibility index (Phi) is 5.76. The van der Waals surface area contributed by atoms with Crippen LogP contribution in [-0.4, -0.2) is 48.4 Å². The molecule has 0 atom stereocenters. The SMILES string of the molecule is O=C(Nc1cccc(OC(F)(F)F)c1)N1CCN(c2ccccc2[N+](=O)[O-])CC1. The number of hydrogen-bond acceptors (Lipinski definition) is 5. The van der Waals surface area contributed by atoms with Crippen LogP contribution in [-0.2, 0) is 0 Å². The van der Waals surface area contributed by atoms with Gasteiger partial charge >= 0.3 is 12.4 Å². The second kappa shape index (κ2) is 8.25. The van der Waals surface area contributed by atoms with Gasteiger partial charge in [0.2, 0.25) is 0 Å². The molecule has 1 aliphatic heterocycles. The Bertz CT molecular complexity index is 899. The number of hydrogen-bond donors (Lipinski definition) is 1. The number of piperazine rings is 1. The van der Waals surface area contributed by atoms with Crippen LogP contribution in [0.1, 0.15) is 0 Å². The van der Waals surface area contributed by atoms with E-state index in [1.807, 2.05) is 4.90 Å². The smallest absolute Gasteiger partial charge is 0.406 e. The summed E-state index contributed by atoms with van der Waals surface area (Å²) in [6.45, 7) is 1.37. The molecule has 0 unspecified atom stereocenters. The van der Waals surface area contributed by atoms with Crippen molar-refractivity contribution in [1.29, 1.82) is 0 Å². The number of nitro groups is 1. The van der Waals surface area contributed by atoms with E-state index in [9.17, 15) is 28.1 Å². The number of urea groups is 1. The first-order valence-corrected chi connectivity index (χ1v) is 8.63. The third-order valence-electron chi connectivity index (χ3n) is 4.30. The van der Waals surface area contributed by atoms with Crippen molar-refractivity contribution >= 4 is 23.1 Å². The Morgan fingerprint density at radius 2 is 1.76 bits per heavy atom. The highest BCUT2D eigenvalue weighted by atomic mass is 19.4. The summed E-state index contributed by atoms with van der Waals surface area (Å²) in [4.78, 5) is 26.4. The Hall–Kier alpha value is -3.50. The summed E-state index contributed by atoms with van der Waals surface area (Å²) in [6.07, 6.45) is -4.82. The van der Waals surface area contributed by atoms with E-state index in [1.54, 1.807) is 18.2 Å². The van der Waals surface area contributed by atoms with Crippen LogP contribution in [0, 0.1) is 10.1 Å². The molecule has 29 heavy (non-hydrogen) atoms. The highest BCUT2D eigenvalue weighted by Crippen LogP contribution is 2.29. The molecule has 1 saturated heterocycles. The number of nitrogens with zero attached hydrogens (tertiary/aromatic N) is 3. The summed E-state index contributed by atoms with van der Waals surface area (Å²) in [7, 11) is 0. The molecule has 2 aromatic carbocycles. The molecule has 0 aliphatic carbocycles. The van der Waals surface area contributed by atoms with Gasteiger partial charge in [0.25, 0.3) is 5.69 Å². The Morgan fingerprint density at radius 1 is 1.07 bits per heavy atom. The van der Waals surface area contributed by atoms with Crippen molar-refractivity contribution in [2.45, 2.75) is 6.36 Å². The number of anilines is 2. The van der Waals surface area contributed by atoms with E-state index in [0.717, 1.165) is 12.1 Å². The molecular formula is C18H17F3N4O4. The van der Waals surface area contributed by atoms with Gasteiger partial charge in [-0.2, -0.15) is 0 Å². The molecule has 2 aromatic rings. The summed E-state index contributed by atoms with van der Waals surface area (Å²) in [5, 5.41) is 13.7. The summed E-state index contributed by atoms with van der Waals surface area (Å²) >= 11 is 0. The Balaban J connectivity index is 1.60. The third-order valence-corrected chi connectivity index (χ3v) is 4.30. The molecule has 1 aliphatic rings. The number of carbonyl (C=O) groups is 1. The number of amides is 2. The van der Waals surface area contributed by atoms with E-state index in [1.165, 1.54) is 23.1 Å². The number of nitrogens with one attached hydrogen (secondary N) is 1. The van der Waals surface area contributed by atoms with Crippen LogP contribution in [0.25, 0.3) is 0 Å². The average molecular weight is 410 g/mol. The van der Waals surface area contributed by atoms with E-state index in [2.05, 4.69) is 10.1 Å². The first-order chi connectivity index (χ1) is 13.7. The Labute approximate surface area is 163 Å². The molecule has 1 heterocycles. The minimum Gasteiger partial charge on any atom is -0.406 e. The third kappa shape index (κ3) is 5.27. The standard InChI is InChI=1S/C18H17F3N4O4/c19-18(20,21)29-14-5-3-4-13(12-14)22-17(26)24-10-8-23(9-11-24)15-6-1-2-7-16(15)25(27)28/h1-7,12H,8-11H2,(H,22,26). The number of rotatable bonds is 4. The van der Waals surface area contributed by atoms with Gasteiger partial charge in [-0.15, -0.1) is 13.2 Å². The van der Waals surface area contributed by atoms with Crippen LogP contribution < -0.4 is 15.0 Å². The minimum atomic E-state index is -4.82. The van der Waals surface area contributed by atoms with Crippen molar-refractivity contribution in [3.05, 3.63) is 58.6 Å². The predicted molar refractivity (Wildman–Crippen MR) is 99.0 cm³/mol. The van der Waals surface area contributed by atoms with Crippen LogP contribution in [0.15, 0.2) is 48.5 Å². The van der Waals surface area contributed by atoms with Gasteiger partial charge in [-0.1, -0.05) is 18.2 Å². The molecule has 0 spiro atoms. The number of halogens is 3. The number of carbonyl (C=O) groups excluding carboxylic acids is 1. The predicted octanol–water partition coefficient (Wildman–Crippen LogP) is 3.85. The molecule has 1 N–H and O–H groups in total. The van der Waals surface area contributed by atoms with E-state index in [-0.39, 0.29) is 11.4 Å². The summed E-state index contributed by atoms with van der Waals surface area (Å²) in [5.74, 6) is -0.434. The molecule has 11 heteroatoms. The van der Waals surface area contributed by atoms with Crippen molar-refractivity contribution in [3.63, 3.8) is 0 Å². The molecule has 2 amide bonds. The molecule has 0 saturated carbocycles. The maximum absolute atomic E-state index is 12.4. The van der Waals surface area contributed by atoms with Gasteiger partial charge in [-0.3, -0.25) is 10.1 Å². The maximum Gasteiger partial charge on any atom is 0.573 e. The van der Waals surface area contributed by atoms with Crippen LogP contribution >= 0.6 is 0 Å². The van der Waals surface area contributed by atoms with E-state index in [4.69, 9.17) is 0 Å². The molecule has 8 nitrogen and oxygen atoms in total. The summed E-state index contributed by atoms with van der Waals surface area (Å²) in [6, 6.07) is 10.9. The molecule has 0 aromatic heterocycles. The largest absolute Gasteiger partial charge is 0.573 e. The zero-order valence-electron chi connectivity index (χ0n) is 15.1. The summed E-state index contributed by atoms with van der Waals surface area (Å²) < 4.78 is 40.8. The fraction of sp³-hybridized carbons (Fsp3) is 0.278. The van der Waals surface area contributed by atoms with Gasteiger partial charge in [-0.05, 0) is 18.2 Å². The zero-order chi connectivity index (χ0) is 21.0. The van der Waals surface area contributed by atoms with Crippen molar-refractivity contribution in [2.24, 2.45) is 0 Å². The van der Waals surface area contributed by atoms with Gasteiger partial charge < -0.3 is 19.9 Å². The lowest BCUT2D eigenvalue weighted by atomic mass is 10.2. The maximum atomic E-state index is 12.4. The molecular weight excluding hydrogens is 393 g/mol. The van der Waals surface area contributed by atoms with E-state index < -0.39 is 23.1 Å². The fourth-order valence-electron chi connectivity index (χ4n) is 3.01. The average Bonchev–Trinajstić information content (AvgIpc) is 2.67.